The maximum absolute atomic E-state index is 11.8. The molecule has 0 aliphatic carbocycles. The molecule has 23 heavy (non-hydrogen) atoms. The van der Waals surface area contributed by atoms with Crippen molar-refractivity contribution >= 4 is 5.91 Å². The first-order valence-corrected chi connectivity index (χ1v) is 8.21. The molecule has 1 amide bonds. The zero-order valence-corrected chi connectivity index (χ0v) is 15.6. The van der Waals surface area contributed by atoms with Gasteiger partial charge >= 0.3 is 0 Å². The quantitative estimate of drug-likeness (QED) is 0.477. The van der Waals surface area contributed by atoms with Gasteiger partial charge in [-0.1, -0.05) is 19.8 Å². The summed E-state index contributed by atoms with van der Waals surface area (Å²) in [4.78, 5) is 11.8. The molecule has 5 heteroatoms. The molecule has 0 unspecified atom stereocenters. The number of terminal acetylenes is 1. The first-order chi connectivity index (χ1) is 10.6. The number of aliphatic hydroxyl groups excluding tert-OH is 1. The van der Waals surface area contributed by atoms with Crippen LogP contribution in [0.15, 0.2) is 0 Å². The van der Waals surface area contributed by atoms with Gasteiger partial charge in [0.15, 0.2) is 0 Å². The van der Waals surface area contributed by atoms with E-state index in [4.69, 9.17) is 14.6 Å². The predicted octanol–water partition coefficient (Wildman–Crippen LogP) is 2.37. The smallest absolute Gasteiger partial charge is 0.222 e. The van der Waals surface area contributed by atoms with Crippen LogP contribution in [0.1, 0.15) is 54.4 Å². The van der Waals surface area contributed by atoms with E-state index < -0.39 is 5.60 Å². The summed E-state index contributed by atoms with van der Waals surface area (Å²) in [5, 5.41) is 10.5. The van der Waals surface area contributed by atoms with Crippen molar-refractivity contribution in [3.63, 3.8) is 0 Å². The molecule has 0 fully saturated rings. The highest BCUT2D eigenvalue weighted by molar-refractivity contribution is 5.76. The number of hydrogen-bond acceptors (Lipinski definition) is 4. The van der Waals surface area contributed by atoms with Crippen molar-refractivity contribution < 1.29 is 19.4 Å². The third-order valence-electron chi connectivity index (χ3n) is 2.74. The summed E-state index contributed by atoms with van der Waals surface area (Å²) in [6.07, 6.45) is 6.13. The van der Waals surface area contributed by atoms with Crippen LogP contribution in [0.3, 0.4) is 0 Å². The van der Waals surface area contributed by atoms with Crippen molar-refractivity contribution in [3.8, 4) is 12.3 Å². The highest BCUT2D eigenvalue weighted by Gasteiger charge is 2.22. The Kier molecular flexibility index (Phi) is 15.2. The second-order valence-corrected chi connectivity index (χ2v) is 6.60. The van der Waals surface area contributed by atoms with Gasteiger partial charge in [-0.15, -0.1) is 6.42 Å². The number of hydrogen-bond donors (Lipinski definition) is 2. The number of nitrogens with one attached hydrogen (secondary N) is 1. The van der Waals surface area contributed by atoms with Crippen LogP contribution in [0.4, 0.5) is 0 Å². The number of aliphatic hydroxyl groups is 1. The van der Waals surface area contributed by atoms with E-state index in [9.17, 15) is 4.79 Å². The van der Waals surface area contributed by atoms with E-state index in [1.807, 2.05) is 33.6 Å². The molecule has 0 bridgehead atoms. The van der Waals surface area contributed by atoms with E-state index in [2.05, 4.69) is 25.6 Å². The van der Waals surface area contributed by atoms with E-state index >= 15 is 0 Å². The topological polar surface area (TPSA) is 67.8 Å². The van der Waals surface area contributed by atoms with E-state index in [0.717, 1.165) is 6.42 Å². The van der Waals surface area contributed by atoms with Gasteiger partial charge in [0, 0.05) is 13.2 Å². The Morgan fingerprint density at radius 3 is 2.26 bits per heavy atom. The standard InChI is InChI=1S/C15H31NO3.C3H4O/c1-12(2)7-9-19-15(5,6)11-14(17)16-8-10-18-13(3)4;1-2-3-4/h12-13H,7-11H2,1-6H3,(H,16,17);1,4H,3H2. The lowest BCUT2D eigenvalue weighted by molar-refractivity contribution is -0.128. The second kappa shape index (κ2) is 14.5. The van der Waals surface area contributed by atoms with Crippen molar-refractivity contribution in [2.75, 3.05) is 26.4 Å². The number of ether oxygens (including phenoxy) is 2. The number of amides is 1. The van der Waals surface area contributed by atoms with E-state index in [0.29, 0.717) is 32.1 Å². The van der Waals surface area contributed by atoms with E-state index in [1.54, 1.807) is 0 Å². The van der Waals surface area contributed by atoms with Gasteiger partial charge in [0.25, 0.3) is 0 Å². The van der Waals surface area contributed by atoms with Gasteiger partial charge in [-0.3, -0.25) is 4.79 Å². The van der Waals surface area contributed by atoms with Crippen LogP contribution in [-0.2, 0) is 14.3 Å². The molecule has 0 atom stereocenters. The van der Waals surface area contributed by atoms with Gasteiger partial charge in [0.1, 0.15) is 6.61 Å². The Balaban J connectivity index is 0. The molecule has 0 saturated heterocycles. The summed E-state index contributed by atoms with van der Waals surface area (Å²) in [5.74, 6) is 2.62. The largest absolute Gasteiger partial charge is 0.384 e. The number of carbonyl (C=O) groups is 1. The predicted molar refractivity (Wildman–Crippen MR) is 94.1 cm³/mol. The molecule has 2 N–H and O–H groups in total. The minimum atomic E-state index is -0.405. The fourth-order valence-corrected chi connectivity index (χ4v) is 1.56. The molecule has 136 valence electrons. The summed E-state index contributed by atoms with van der Waals surface area (Å²) in [5.41, 5.74) is -0.405. The monoisotopic (exact) mass is 329 g/mol. The zero-order valence-electron chi connectivity index (χ0n) is 15.6. The maximum Gasteiger partial charge on any atom is 0.222 e. The fourth-order valence-electron chi connectivity index (χ4n) is 1.56. The van der Waals surface area contributed by atoms with Crippen LogP contribution < -0.4 is 5.32 Å². The van der Waals surface area contributed by atoms with Crippen LogP contribution >= 0.6 is 0 Å². The first kappa shape index (κ1) is 24.2. The summed E-state index contributed by atoms with van der Waals surface area (Å²) in [6.45, 7) is 13.9. The van der Waals surface area contributed by atoms with Crippen molar-refractivity contribution in [1.82, 2.24) is 5.32 Å². The Morgan fingerprint density at radius 1 is 1.26 bits per heavy atom. The van der Waals surface area contributed by atoms with Crippen LogP contribution in [0.5, 0.6) is 0 Å². The molecule has 5 nitrogen and oxygen atoms in total. The molecule has 0 aromatic rings. The molecule has 0 radical (unpaired) electrons. The zero-order chi connectivity index (χ0) is 18.3. The molecule has 0 aliphatic heterocycles. The molecule has 0 aromatic carbocycles. The lowest BCUT2D eigenvalue weighted by Crippen LogP contribution is -2.36. The van der Waals surface area contributed by atoms with Gasteiger partial charge in [0.2, 0.25) is 5.91 Å². The van der Waals surface area contributed by atoms with Gasteiger partial charge in [-0.05, 0) is 40.0 Å². The lowest BCUT2D eigenvalue weighted by Gasteiger charge is -2.25. The van der Waals surface area contributed by atoms with Crippen LogP contribution in [0, 0.1) is 18.3 Å². The molecular formula is C18H35NO4. The van der Waals surface area contributed by atoms with Gasteiger partial charge in [0.05, 0.1) is 24.7 Å². The summed E-state index contributed by atoms with van der Waals surface area (Å²) < 4.78 is 11.1. The second-order valence-electron chi connectivity index (χ2n) is 6.60. The molecule has 0 heterocycles. The lowest BCUT2D eigenvalue weighted by atomic mass is 10.0. The van der Waals surface area contributed by atoms with Crippen LogP contribution in [0.2, 0.25) is 0 Å². The van der Waals surface area contributed by atoms with Gasteiger partial charge in [-0.25, -0.2) is 0 Å². The highest BCUT2D eigenvalue weighted by Crippen LogP contribution is 2.15. The minimum absolute atomic E-state index is 0.0157. The van der Waals surface area contributed by atoms with Crippen LogP contribution in [-0.4, -0.2) is 49.1 Å². The fraction of sp³-hybridized carbons (Fsp3) is 0.833. The summed E-state index contributed by atoms with van der Waals surface area (Å²) >= 11 is 0. The highest BCUT2D eigenvalue weighted by atomic mass is 16.5. The first-order valence-electron chi connectivity index (χ1n) is 8.21. The SMILES string of the molecule is C#CCO.CC(C)CCOC(C)(C)CC(=O)NCCOC(C)C. The Bertz CT molecular complexity index is 332. The van der Waals surface area contributed by atoms with E-state index in [-0.39, 0.29) is 18.6 Å². The Labute approximate surface area is 142 Å². The average Bonchev–Trinajstić information content (AvgIpc) is 2.42. The Morgan fingerprint density at radius 2 is 1.83 bits per heavy atom. The minimum Gasteiger partial charge on any atom is -0.384 e. The normalized spacial score (nSPS) is 11.0. The molecule has 0 aromatic heterocycles. The third-order valence-corrected chi connectivity index (χ3v) is 2.74. The molecule has 0 rings (SSSR count). The molecular weight excluding hydrogens is 294 g/mol. The molecule has 0 aliphatic rings. The average molecular weight is 329 g/mol. The Hall–Kier alpha value is -1.09. The molecule has 0 saturated carbocycles. The number of rotatable bonds is 10. The maximum atomic E-state index is 11.8. The van der Waals surface area contributed by atoms with Crippen molar-refractivity contribution in [3.05, 3.63) is 0 Å². The number of carbonyl (C=O) groups excluding carboxylic acids is 1. The third kappa shape index (κ3) is 20.9. The van der Waals surface area contributed by atoms with Gasteiger partial charge < -0.3 is 19.9 Å². The molecule has 0 spiro atoms. The van der Waals surface area contributed by atoms with Crippen molar-refractivity contribution in [2.24, 2.45) is 5.92 Å². The van der Waals surface area contributed by atoms with Crippen molar-refractivity contribution in [2.45, 2.75) is 66.1 Å². The van der Waals surface area contributed by atoms with Crippen molar-refractivity contribution in [1.29, 1.82) is 0 Å². The van der Waals surface area contributed by atoms with E-state index in [1.165, 1.54) is 0 Å². The summed E-state index contributed by atoms with van der Waals surface area (Å²) in [6, 6.07) is 0. The van der Waals surface area contributed by atoms with Crippen LogP contribution in [0.25, 0.3) is 0 Å². The summed E-state index contributed by atoms with van der Waals surface area (Å²) in [7, 11) is 0. The van der Waals surface area contributed by atoms with Gasteiger partial charge in [-0.2, -0.15) is 0 Å².